The van der Waals surface area contributed by atoms with Gasteiger partial charge >= 0.3 is 12.1 Å². The SMILES string of the molecule is COCCOC(=O)N1C(=O)C2(c3cc(C#CCN(C)Cc4ccccc4)ccc31)C(C(=O)NCc1nc3ccccc3[nH]1)C1C(=O)OC(c3ccccc3)C(c3ccccc3)N1C2c1ccc(OCCO)cc1. The quantitative estimate of drug-likeness (QED) is 0.0537. The van der Waals surface area contributed by atoms with Crippen molar-refractivity contribution in [1.29, 1.82) is 0 Å². The Balaban J connectivity index is 1.20. The van der Waals surface area contributed by atoms with E-state index in [1.807, 2.05) is 115 Å². The first-order valence-corrected chi connectivity index (χ1v) is 24.2. The lowest BCUT2D eigenvalue weighted by Crippen LogP contribution is -2.55. The van der Waals surface area contributed by atoms with Crippen LogP contribution in [0.4, 0.5) is 10.5 Å². The van der Waals surface area contributed by atoms with Crippen molar-refractivity contribution >= 4 is 40.6 Å². The minimum atomic E-state index is -2.05. The highest BCUT2D eigenvalue weighted by atomic mass is 16.6. The van der Waals surface area contributed by atoms with Crippen LogP contribution in [0, 0.1) is 17.8 Å². The Morgan fingerprint density at radius 2 is 1.52 bits per heavy atom. The summed E-state index contributed by atoms with van der Waals surface area (Å²) in [5.41, 5.74) is 3.49. The van der Waals surface area contributed by atoms with Crippen LogP contribution in [-0.2, 0) is 47.1 Å². The fourth-order valence-electron chi connectivity index (χ4n) is 10.7. The van der Waals surface area contributed by atoms with E-state index in [2.05, 4.69) is 39.2 Å². The average molecular weight is 979 g/mol. The van der Waals surface area contributed by atoms with Gasteiger partial charge in [-0.15, -0.1) is 0 Å². The molecule has 7 aromatic rings. The zero-order valence-corrected chi connectivity index (χ0v) is 40.3. The molecular weight excluding hydrogens is 925 g/mol. The fourth-order valence-corrected chi connectivity index (χ4v) is 10.7. The molecule has 370 valence electrons. The molecule has 3 N–H and O–H groups in total. The molecule has 6 aromatic carbocycles. The van der Waals surface area contributed by atoms with Gasteiger partial charge < -0.3 is 34.4 Å². The summed E-state index contributed by atoms with van der Waals surface area (Å²) in [5.74, 6) is 3.77. The molecule has 2 fully saturated rings. The number of methoxy groups -OCH3 is 1. The number of carbonyl (C=O) groups excluding carboxylic acids is 4. The third kappa shape index (κ3) is 9.33. The highest BCUT2D eigenvalue weighted by Gasteiger charge is 2.75. The van der Waals surface area contributed by atoms with Crippen LogP contribution in [0.3, 0.4) is 0 Å². The minimum absolute atomic E-state index is 0.0347. The molecule has 3 aliphatic heterocycles. The number of hydrogen-bond acceptors (Lipinski definition) is 12. The molecule has 2 saturated heterocycles. The van der Waals surface area contributed by atoms with Gasteiger partial charge in [0, 0.05) is 19.2 Å². The number of imidazole rings is 1. The van der Waals surface area contributed by atoms with E-state index < -0.39 is 59.4 Å². The van der Waals surface area contributed by atoms with Crippen molar-refractivity contribution in [2.45, 2.75) is 42.7 Å². The maximum Gasteiger partial charge on any atom is 0.421 e. The molecule has 10 rings (SSSR count). The minimum Gasteiger partial charge on any atom is -0.491 e. The molecule has 6 unspecified atom stereocenters. The van der Waals surface area contributed by atoms with Gasteiger partial charge in [-0.1, -0.05) is 127 Å². The van der Waals surface area contributed by atoms with Crippen LogP contribution in [-0.4, -0.2) is 102 Å². The number of nitrogens with one attached hydrogen (secondary N) is 2. The van der Waals surface area contributed by atoms with Crippen molar-refractivity contribution in [3.05, 3.63) is 197 Å². The Bertz CT molecular complexity index is 3150. The Hall–Kier alpha value is -8.13. The highest BCUT2D eigenvalue weighted by molar-refractivity contribution is 6.23. The molecule has 1 aromatic heterocycles. The Kier molecular flexibility index (Phi) is 14.1. The molecule has 4 heterocycles. The standard InChI is InChI=1S/C58H54N6O9/c1-62(37-39-15-6-3-7-16-39)30-14-17-38-24-29-47-44(35-38)58(56(68)63(47)57(69)72-34-33-70-2)49(54(66)59-36-48-60-45-22-12-13-23-46(45)61-48)51-55(67)73-52(41-20-10-5-11-21-41)50(40-18-8-4-9-19-40)64(51)53(58)42-25-27-43(28-26-42)71-32-31-65/h3-13,15-16,18-29,35,49-53,65H,30-34,36-37H2,1-2H3,(H,59,66)(H,60,61). The van der Waals surface area contributed by atoms with Crippen molar-refractivity contribution < 1.29 is 43.2 Å². The Morgan fingerprint density at radius 1 is 0.822 bits per heavy atom. The largest absolute Gasteiger partial charge is 0.491 e. The molecule has 73 heavy (non-hydrogen) atoms. The summed E-state index contributed by atoms with van der Waals surface area (Å²) < 4.78 is 23.4. The molecule has 15 nitrogen and oxygen atoms in total. The van der Waals surface area contributed by atoms with Gasteiger partial charge in [0.05, 0.1) is 61.0 Å². The average Bonchev–Trinajstić information content (AvgIpc) is 4.07. The number of imide groups is 1. The first kappa shape index (κ1) is 48.5. The number of benzene rings is 6. The van der Waals surface area contributed by atoms with Crippen molar-refractivity contribution in [3.8, 4) is 17.6 Å². The lowest BCUT2D eigenvalue weighted by atomic mass is 9.65. The summed E-state index contributed by atoms with van der Waals surface area (Å²) in [4.78, 5) is 75.5. The van der Waals surface area contributed by atoms with Crippen LogP contribution in [0.2, 0.25) is 0 Å². The van der Waals surface area contributed by atoms with Crippen LogP contribution in [0.5, 0.6) is 5.75 Å². The Labute approximate surface area is 422 Å². The van der Waals surface area contributed by atoms with Crippen LogP contribution >= 0.6 is 0 Å². The maximum absolute atomic E-state index is 16.5. The number of morpholine rings is 1. The van der Waals surface area contributed by atoms with Gasteiger partial charge in [0.25, 0.3) is 0 Å². The number of anilines is 1. The molecular formula is C58H54N6O9. The van der Waals surface area contributed by atoms with E-state index >= 15 is 14.4 Å². The summed E-state index contributed by atoms with van der Waals surface area (Å²) >= 11 is 0. The number of aliphatic hydroxyl groups is 1. The van der Waals surface area contributed by atoms with Gasteiger partial charge in [-0.05, 0) is 77.3 Å². The van der Waals surface area contributed by atoms with Crippen molar-refractivity contribution in [2.24, 2.45) is 5.92 Å². The number of aromatic amines is 1. The Morgan fingerprint density at radius 3 is 2.23 bits per heavy atom. The highest BCUT2D eigenvalue weighted by Crippen LogP contribution is 2.66. The van der Waals surface area contributed by atoms with Crippen LogP contribution in [0.15, 0.2) is 158 Å². The molecule has 3 aliphatic rings. The van der Waals surface area contributed by atoms with Crippen LogP contribution in [0.1, 0.15) is 57.4 Å². The number of aliphatic hydroxyl groups excluding tert-OH is 1. The zero-order chi connectivity index (χ0) is 50.5. The summed E-state index contributed by atoms with van der Waals surface area (Å²) in [5, 5.41) is 12.7. The summed E-state index contributed by atoms with van der Waals surface area (Å²) in [7, 11) is 3.45. The lowest BCUT2D eigenvalue weighted by molar-refractivity contribution is -0.178. The third-order valence-corrected chi connectivity index (χ3v) is 13.7. The van der Waals surface area contributed by atoms with Crippen molar-refractivity contribution in [1.82, 2.24) is 25.1 Å². The number of H-pyrrole nitrogens is 1. The van der Waals surface area contributed by atoms with E-state index in [0.29, 0.717) is 52.4 Å². The molecule has 0 aliphatic carbocycles. The number of fused-ring (bicyclic) bond motifs is 4. The van der Waals surface area contributed by atoms with E-state index in [0.717, 1.165) is 21.5 Å². The number of rotatable bonds is 15. The molecule has 6 atom stereocenters. The van der Waals surface area contributed by atoms with Gasteiger partial charge in [-0.25, -0.2) is 14.7 Å². The number of nitrogens with zero attached hydrogens (tertiary/aromatic N) is 4. The first-order chi connectivity index (χ1) is 35.7. The number of cyclic esters (lactones) is 1. The van der Waals surface area contributed by atoms with E-state index in [1.54, 1.807) is 42.5 Å². The van der Waals surface area contributed by atoms with Gasteiger partial charge in [0.1, 0.15) is 42.3 Å². The van der Waals surface area contributed by atoms with Crippen LogP contribution < -0.4 is 15.0 Å². The summed E-state index contributed by atoms with van der Waals surface area (Å²) in [6, 6.07) is 45.3. The maximum atomic E-state index is 16.5. The molecule has 0 saturated carbocycles. The second-order valence-corrected chi connectivity index (χ2v) is 18.3. The molecule has 15 heteroatoms. The molecule has 1 spiro atoms. The molecule has 3 amide bonds. The fraction of sp³-hybridized carbons (Fsp3) is 0.259. The molecule has 0 radical (unpaired) electrons. The lowest BCUT2D eigenvalue weighted by Gasteiger charge is -2.46. The third-order valence-electron chi connectivity index (χ3n) is 13.7. The second-order valence-electron chi connectivity index (χ2n) is 18.3. The topological polar surface area (TPSA) is 176 Å². The van der Waals surface area contributed by atoms with E-state index in [1.165, 1.54) is 7.11 Å². The number of amides is 3. The van der Waals surface area contributed by atoms with Crippen molar-refractivity contribution in [2.75, 3.05) is 52.0 Å². The van der Waals surface area contributed by atoms with E-state index in [4.69, 9.17) is 23.9 Å². The van der Waals surface area contributed by atoms with Gasteiger partial charge in [0.15, 0.2) is 0 Å². The number of hydrogen-bond donors (Lipinski definition) is 3. The number of aromatic nitrogens is 2. The molecule has 0 bridgehead atoms. The van der Waals surface area contributed by atoms with Gasteiger partial charge in [-0.2, -0.15) is 0 Å². The first-order valence-electron chi connectivity index (χ1n) is 24.2. The predicted octanol–water partition coefficient (Wildman–Crippen LogP) is 7.18. The van der Waals surface area contributed by atoms with Crippen molar-refractivity contribution in [3.63, 3.8) is 0 Å². The van der Waals surface area contributed by atoms with E-state index in [-0.39, 0.29) is 38.7 Å². The number of ether oxygens (including phenoxy) is 4. The predicted molar refractivity (Wildman–Crippen MR) is 272 cm³/mol. The smallest absolute Gasteiger partial charge is 0.421 e. The monoisotopic (exact) mass is 978 g/mol. The van der Waals surface area contributed by atoms with Gasteiger partial charge in [0.2, 0.25) is 11.8 Å². The zero-order valence-electron chi connectivity index (χ0n) is 40.3. The number of esters is 1. The van der Waals surface area contributed by atoms with Crippen LogP contribution in [0.25, 0.3) is 11.0 Å². The second kappa shape index (κ2) is 21.3. The van der Waals surface area contributed by atoms with Gasteiger partial charge in [-0.3, -0.25) is 24.2 Å². The summed E-state index contributed by atoms with van der Waals surface area (Å²) in [6.45, 7) is 0.670. The number of para-hydroxylation sites is 2. The number of carbonyl (C=O) groups is 4. The normalized spacial score (nSPS) is 21.1. The summed E-state index contributed by atoms with van der Waals surface area (Å²) in [6.07, 6.45) is -1.91. The van der Waals surface area contributed by atoms with E-state index in [9.17, 15) is 9.90 Å².